The molecule has 0 radical (unpaired) electrons. The monoisotopic (exact) mass is 1310 g/mol. The van der Waals surface area contributed by atoms with Gasteiger partial charge in [0, 0.05) is 101 Å². The van der Waals surface area contributed by atoms with E-state index in [2.05, 4.69) is 261 Å². The molecule has 0 bridgehead atoms. The number of nitrogens with zero attached hydrogens (tertiary/aromatic N) is 6. The average molecular weight is 1310 g/mol. The van der Waals surface area contributed by atoms with Crippen molar-refractivity contribution in [1.82, 2.24) is 29.9 Å². The van der Waals surface area contributed by atoms with Crippen LogP contribution in [0.4, 0.5) is 0 Å². The Hall–Kier alpha value is -12.9. The number of thiophene rings is 2. The van der Waals surface area contributed by atoms with Gasteiger partial charge >= 0.3 is 0 Å². The van der Waals surface area contributed by atoms with Crippen molar-refractivity contribution in [2.24, 2.45) is 0 Å². The number of benzene rings is 14. The fraction of sp³-hybridized carbons (Fsp3) is 0. The van der Waals surface area contributed by atoms with Crippen molar-refractivity contribution in [2.45, 2.75) is 0 Å². The molecule has 8 nitrogen and oxygen atoms in total. The highest BCUT2D eigenvalue weighted by Crippen LogP contribution is 2.47. The lowest BCUT2D eigenvalue weighted by atomic mass is 9.98. The molecule has 0 fully saturated rings. The molecule has 20 rings (SSSR count). The van der Waals surface area contributed by atoms with E-state index < -0.39 is 0 Å². The van der Waals surface area contributed by atoms with Gasteiger partial charge < -0.3 is 8.83 Å². The molecule has 6 heterocycles. The summed E-state index contributed by atoms with van der Waals surface area (Å²) in [6.45, 7) is 0. The highest BCUT2D eigenvalue weighted by atomic mass is 32.1. The molecule has 0 aliphatic rings. The second-order valence-corrected chi connectivity index (χ2v) is 27.3. The molecule has 0 saturated heterocycles. The van der Waals surface area contributed by atoms with Crippen LogP contribution < -0.4 is 0 Å². The highest BCUT2D eigenvalue weighted by Gasteiger charge is 2.24. The van der Waals surface area contributed by atoms with E-state index in [4.69, 9.17) is 38.7 Å². The molecular weight excluding hydrogens is 1260 g/mol. The zero-order valence-corrected chi connectivity index (χ0v) is 55.0. The number of aromatic nitrogens is 6. The van der Waals surface area contributed by atoms with Crippen LogP contribution in [0.2, 0.25) is 0 Å². The number of fused-ring (bicyclic) bond motifs is 12. The van der Waals surface area contributed by atoms with E-state index in [1.807, 2.05) is 54.6 Å². The number of hydrogen-bond acceptors (Lipinski definition) is 10. The minimum Gasteiger partial charge on any atom is -0.456 e. The molecule has 0 atom stereocenters. The van der Waals surface area contributed by atoms with Gasteiger partial charge in [-0.2, -0.15) is 0 Å². The van der Waals surface area contributed by atoms with Gasteiger partial charge in [-0.25, -0.2) is 29.9 Å². The molecule has 0 N–H and O–H groups in total. The van der Waals surface area contributed by atoms with Gasteiger partial charge in [-0.05, 0) is 123 Å². The second kappa shape index (κ2) is 23.5. The van der Waals surface area contributed by atoms with Gasteiger partial charge in [-0.15, -0.1) is 22.7 Å². The van der Waals surface area contributed by atoms with E-state index in [0.29, 0.717) is 34.9 Å². The van der Waals surface area contributed by atoms with Crippen molar-refractivity contribution in [1.29, 1.82) is 0 Å². The molecule has 466 valence electrons. The van der Waals surface area contributed by atoms with Crippen molar-refractivity contribution >= 4 is 107 Å². The Morgan fingerprint density at radius 1 is 0.200 bits per heavy atom. The van der Waals surface area contributed by atoms with Crippen molar-refractivity contribution in [3.8, 4) is 124 Å². The summed E-state index contributed by atoms with van der Waals surface area (Å²) in [6, 6.07) is 111. The molecule has 0 spiro atoms. The lowest BCUT2D eigenvalue weighted by Crippen LogP contribution is -2.00. The lowest BCUT2D eigenvalue weighted by Gasteiger charge is -2.10. The molecule has 0 saturated carbocycles. The molecule has 10 heteroatoms. The van der Waals surface area contributed by atoms with Crippen LogP contribution in [0, 0.1) is 0 Å². The third-order valence-electron chi connectivity index (χ3n) is 19.3. The van der Waals surface area contributed by atoms with Crippen LogP contribution in [-0.2, 0) is 0 Å². The first-order valence-electron chi connectivity index (χ1n) is 33.3. The Labute approximate surface area is 581 Å². The van der Waals surface area contributed by atoms with Crippen LogP contribution >= 0.6 is 22.7 Å². The minimum absolute atomic E-state index is 0.563. The van der Waals surface area contributed by atoms with Gasteiger partial charge in [-0.3, -0.25) is 0 Å². The van der Waals surface area contributed by atoms with Gasteiger partial charge in [0.05, 0.1) is 0 Å². The number of rotatable bonds is 11. The number of para-hydroxylation sites is 1. The molecule has 14 aromatic carbocycles. The fourth-order valence-corrected chi connectivity index (χ4v) is 16.6. The largest absolute Gasteiger partial charge is 0.456 e. The van der Waals surface area contributed by atoms with Crippen LogP contribution in [0.5, 0.6) is 0 Å². The topological polar surface area (TPSA) is 104 Å². The predicted molar refractivity (Wildman–Crippen MR) is 413 cm³/mol. The standard InChI is InChI=1S/C90H52N6O2S2/c1-5-17-53(18-6-1)55-33-37-57(38-34-55)61-41-45-76-73(49-61)81-68(28-15-31-77(81)97-76)88-93-86(60-23-11-4-12-24-60)94-90(96-88)70-30-14-27-67-72-51-63(44-48-78(72)100-84(67)70)65-25-13-26-66-71-52-64(42-46-75(71)98-83(65)66)87-91-85(59-21-9-3-10-22-59)92-89(95-87)69-29-16-32-80-82(69)74-50-62(43-47-79(74)99-80)58-39-35-56(36-40-58)54-19-7-2-8-20-54/h1-52H. The smallest absolute Gasteiger partial charge is 0.165 e. The normalized spacial score (nSPS) is 11.8. The maximum atomic E-state index is 6.93. The SMILES string of the molecule is c1ccc(-c2ccc(-c3ccc4oc5cccc(-c6nc(-c7ccccc7)nc(-c7cccc8c7sc7ccc(-c9cccc%10c9oc9ccc(-c%11nc(-c%12ccccc%12)nc(-c%12cccc%13sc%14ccc(-c%15ccc(-c%16ccccc%16)cc%15)cc%14c%12%13)n%11)cc9%10)cc78)n6)c5c4c3)cc2)cc1. The summed E-state index contributed by atoms with van der Waals surface area (Å²) in [4.78, 5) is 31.9. The number of furan rings is 2. The van der Waals surface area contributed by atoms with Gasteiger partial charge in [0.15, 0.2) is 34.9 Å². The first-order chi connectivity index (χ1) is 49.5. The Morgan fingerprint density at radius 3 is 1.24 bits per heavy atom. The van der Waals surface area contributed by atoms with Gasteiger partial charge in [0.25, 0.3) is 0 Å². The Morgan fingerprint density at radius 2 is 0.610 bits per heavy atom. The first-order valence-corrected chi connectivity index (χ1v) is 34.9. The third kappa shape index (κ3) is 9.87. The second-order valence-electron chi connectivity index (χ2n) is 25.2. The summed E-state index contributed by atoms with van der Waals surface area (Å²) >= 11 is 3.54. The van der Waals surface area contributed by atoms with E-state index in [0.717, 1.165) is 136 Å². The van der Waals surface area contributed by atoms with E-state index in [9.17, 15) is 0 Å². The molecule has 6 aromatic heterocycles. The van der Waals surface area contributed by atoms with Crippen LogP contribution in [0.15, 0.2) is 324 Å². The summed E-state index contributed by atoms with van der Waals surface area (Å²) < 4.78 is 18.1. The van der Waals surface area contributed by atoms with Crippen LogP contribution in [0.1, 0.15) is 0 Å². The predicted octanol–water partition coefficient (Wildman–Crippen LogP) is 24.9. The summed E-state index contributed by atoms with van der Waals surface area (Å²) in [5.74, 6) is 3.52. The Kier molecular flexibility index (Phi) is 13.5. The van der Waals surface area contributed by atoms with Crippen LogP contribution in [0.25, 0.3) is 208 Å². The Balaban J connectivity index is 0.664. The summed E-state index contributed by atoms with van der Waals surface area (Å²) in [6.07, 6.45) is 0. The molecule has 0 aliphatic heterocycles. The summed E-state index contributed by atoms with van der Waals surface area (Å²) in [7, 11) is 0. The lowest BCUT2D eigenvalue weighted by molar-refractivity contribution is 0.669. The molecule has 0 amide bonds. The Bertz CT molecular complexity index is 6630. The van der Waals surface area contributed by atoms with Gasteiger partial charge in [-0.1, -0.05) is 243 Å². The summed E-state index contributed by atoms with van der Waals surface area (Å²) in [5.41, 5.74) is 19.8. The quantitative estimate of drug-likeness (QED) is 0.126. The van der Waals surface area contributed by atoms with E-state index in [1.54, 1.807) is 22.7 Å². The maximum Gasteiger partial charge on any atom is 0.165 e. The van der Waals surface area contributed by atoms with Crippen LogP contribution in [-0.4, -0.2) is 29.9 Å². The molecule has 100 heavy (non-hydrogen) atoms. The molecular formula is C90H52N6O2S2. The van der Waals surface area contributed by atoms with Gasteiger partial charge in [0.2, 0.25) is 0 Å². The fourth-order valence-electron chi connectivity index (χ4n) is 14.3. The first kappa shape index (κ1) is 57.4. The van der Waals surface area contributed by atoms with Crippen molar-refractivity contribution in [2.75, 3.05) is 0 Å². The zero-order chi connectivity index (χ0) is 65.8. The van der Waals surface area contributed by atoms with E-state index >= 15 is 0 Å². The van der Waals surface area contributed by atoms with Crippen molar-refractivity contribution < 1.29 is 8.83 Å². The molecule has 0 aliphatic carbocycles. The number of hydrogen-bond donors (Lipinski definition) is 0. The van der Waals surface area contributed by atoms with Crippen LogP contribution in [0.3, 0.4) is 0 Å². The van der Waals surface area contributed by atoms with Crippen molar-refractivity contribution in [3.05, 3.63) is 315 Å². The third-order valence-corrected chi connectivity index (χ3v) is 21.6. The summed E-state index contributed by atoms with van der Waals surface area (Å²) in [5, 5.41) is 8.44. The molecule has 0 unspecified atom stereocenters. The van der Waals surface area contributed by atoms with E-state index in [1.165, 1.54) is 37.0 Å². The van der Waals surface area contributed by atoms with E-state index in [-0.39, 0.29) is 0 Å². The van der Waals surface area contributed by atoms with Gasteiger partial charge in [0.1, 0.15) is 22.3 Å². The highest BCUT2D eigenvalue weighted by molar-refractivity contribution is 7.26. The average Bonchev–Trinajstić information content (AvgIpc) is 1.58. The zero-order valence-electron chi connectivity index (χ0n) is 53.3. The maximum absolute atomic E-state index is 6.93. The minimum atomic E-state index is 0.563. The van der Waals surface area contributed by atoms with Crippen molar-refractivity contribution in [3.63, 3.8) is 0 Å². The molecule has 20 aromatic rings.